The summed E-state index contributed by atoms with van der Waals surface area (Å²) in [7, 11) is 1.51. The van der Waals surface area contributed by atoms with Crippen LogP contribution in [-0.4, -0.2) is 43.2 Å². The Bertz CT molecular complexity index is 492. The van der Waals surface area contributed by atoms with Crippen molar-refractivity contribution in [2.75, 3.05) is 20.3 Å². The monoisotopic (exact) mass is 314 g/mol. The van der Waals surface area contributed by atoms with Crippen LogP contribution in [0.5, 0.6) is 0 Å². The molecule has 6 heteroatoms. The van der Waals surface area contributed by atoms with E-state index in [1.807, 2.05) is 0 Å². The van der Waals surface area contributed by atoms with Crippen LogP contribution in [-0.2, 0) is 16.0 Å². The number of carbonyl (C=O) groups excluding carboxylic acids is 1. The van der Waals surface area contributed by atoms with E-state index >= 15 is 0 Å². The highest BCUT2D eigenvalue weighted by molar-refractivity contribution is 6.31. The minimum atomic E-state index is -0.674. The summed E-state index contributed by atoms with van der Waals surface area (Å²) in [5.74, 6) is -0.477. The number of likely N-dealkylation sites (tertiary alicyclic amines) is 1. The summed E-state index contributed by atoms with van der Waals surface area (Å²) in [6.07, 6.45) is 2.13. The van der Waals surface area contributed by atoms with Crippen LogP contribution in [0.25, 0.3) is 0 Å². The van der Waals surface area contributed by atoms with Gasteiger partial charge in [-0.2, -0.15) is 0 Å². The van der Waals surface area contributed by atoms with E-state index in [9.17, 15) is 9.18 Å². The Hall–Kier alpha value is -1.17. The van der Waals surface area contributed by atoms with Crippen molar-refractivity contribution in [3.8, 4) is 0 Å². The largest absolute Gasteiger partial charge is 0.383 e. The van der Waals surface area contributed by atoms with E-state index in [1.165, 1.54) is 13.2 Å². The second-order valence-electron chi connectivity index (χ2n) is 5.29. The molecule has 0 saturated carbocycles. The maximum Gasteiger partial charge on any atom is 0.242 e. The molecule has 2 atom stereocenters. The van der Waals surface area contributed by atoms with Crippen LogP contribution in [0.2, 0.25) is 5.02 Å². The number of amides is 1. The second kappa shape index (κ2) is 7.20. The van der Waals surface area contributed by atoms with Gasteiger partial charge in [-0.1, -0.05) is 17.7 Å². The first-order chi connectivity index (χ1) is 10.0. The highest BCUT2D eigenvalue weighted by Crippen LogP contribution is 2.27. The molecule has 1 aliphatic rings. The van der Waals surface area contributed by atoms with Crippen LogP contribution in [0.15, 0.2) is 18.2 Å². The summed E-state index contributed by atoms with van der Waals surface area (Å²) in [5, 5.41) is 0.399. The minimum absolute atomic E-state index is 0.0604. The summed E-state index contributed by atoms with van der Waals surface area (Å²) in [5.41, 5.74) is 6.27. The Kier molecular flexibility index (Phi) is 5.56. The van der Waals surface area contributed by atoms with Gasteiger partial charge in [0, 0.05) is 30.3 Å². The van der Waals surface area contributed by atoms with Crippen LogP contribution in [0.1, 0.15) is 18.4 Å². The predicted octanol–water partition coefficient (Wildman–Crippen LogP) is 1.99. The third kappa shape index (κ3) is 3.73. The fourth-order valence-corrected chi connectivity index (χ4v) is 3.01. The van der Waals surface area contributed by atoms with Gasteiger partial charge in [0.05, 0.1) is 6.61 Å². The van der Waals surface area contributed by atoms with Crippen LogP contribution in [0, 0.1) is 5.82 Å². The molecule has 2 rings (SSSR count). The summed E-state index contributed by atoms with van der Waals surface area (Å²) in [6, 6.07) is 3.89. The summed E-state index contributed by atoms with van der Waals surface area (Å²) >= 11 is 6.06. The Labute approximate surface area is 129 Å². The second-order valence-corrected chi connectivity index (χ2v) is 5.70. The molecule has 0 aromatic heterocycles. The molecule has 1 aromatic rings. The summed E-state index contributed by atoms with van der Waals surface area (Å²) in [6.45, 7) is 0.829. The van der Waals surface area contributed by atoms with Crippen molar-refractivity contribution in [3.05, 3.63) is 34.6 Å². The zero-order valence-electron chi connectivity index (χ0n) is 12.0. The van der Waals surface area contributed by atoms with Crippen molar-refractivity contribution in [2.24, 2.45) is 5.73 Å². The molecule has 1 saturated heterocycles. The highest BCUT2D eigenvalue weighted by atomic mass is 35.5. The number of nitrogens with zero attached hydrogens (tertiary/aromatic N) is 1. The smallest absolute Gasteiger partial charge is 0.242 e. The maximum atomic E-state index is 13.9. The van der Waals surface area contributed by atoms with E-state index in [0.29, 0.717) is 23.6 Å². The van der Waals surface area contributed by atoms with Gasteiger partial charge in [-0.25, -0.2) is 4.39 Å². The van der Waals surface area contributed by atoms with Crippen LogP contribution < -0.4 is 5.73 Å². The number of nitrogens with two attached hydrogens (primary N) is 1. The Morgan fingerprint density at radius 3 is 3.05 bits per heavy atom. The molecule has 1 aliphatic heterocycles. The number of halogens is 2. The summed E-state index contributed by atoms with van der Waals surface area (Å²) in [4.78, 5) is 14.0. The third-order valence-corrected chi connectivity index (χ3v) is 4.18. The van der Waals surface area contributed by atoms with Crippen molar-refractivity contribution in [1.82, 2.24) is 4.90 Å². The van der Waals surface area contributed by atoms with E-state index in [0.717, 1.165) is 12.8 Å². The minimum Gasteiger partial charge on any atom is -0.383 e. The number of ether oxygens (including phenoxy) is 1. The Morgan fingerprint density at radius 2 is 2.38 bits per heavy atom. The predicted molar refractivity (Wildman–Crippen MR) is 79.7 cm³/mol. The molecule has 21 heavy (non-hydrogen) atoms. The quantitative estimate of drug-likeness (QED) is 0.904. The number of rotatable bonds is 5. The molecule has 0 radical (unpaired) electrons. The first-order valence-corrected chi connectivity index (χ1v) is 7.40. The van der Waals surface area contributed by atoms with Gasteiger partial charge in [-0.3, -0.25) is 4.79 Å². The molecule has 1 amide bonds. The molecular formula is C15H20ClFN2O2. The SMILES string of the molecule is COCC(N)C(=O)N1CCCC1Cc1c(F)cccc1Cl. The van der Waals surface area contributed by atoms with Crippen molar-refractivity contribution < 1.29 is 13.9 Å². The molecule has 0 aliphatic carbocycles. The van der Waals surface area contributed by atoms with Gasteiger partial charge in [0.25, 0.3) is 0 Å². The average molecular weight is 315 g/mol. The molecular weight excluding hydrogens is 295 g/mol. The van der Waals surface area contributed by atoms with Crippen molar-refractivity contribution in [3.63, 3.8) is 0 Å². The zero-order valence-corrected chi connectivity index (χ0v) is 12.8. The van der Waals surface area contributed by atoms with Crippen LogP contribution in [0.4, 0.5) is 4.39 Å². The van der Waals surface area contributed by atoms with E-state index in [-0.39, 0.29) is 24.4 Å². The maximum absolute atomic E-state index is 13.9. The number of benzene rings is 1. The molecule has 2 unspecified atom stereocenters. The van der Waals surface area contributed by atoms with Gasteiger partial charge in [0.15, 0.2) is 0 Å². The fourth-order valence-electron chi connectivity index (χ4n) is 2.76. The first-order valence-electron chi connectivity index (χ1n) is 7.02. The average Bonchev–Trinajstić information content (AvgIpc) is 2.90. The lowest BCUT2D eigenvalue weighted by atomic mass is 10.0. The molecule has 1 fully saturated rings. The lowest BCUT2D eigenvalue weighted by Crippen LogP contribution is -2.48. The first kappa shape index (κ1) is 16.2. The van der Waals surface area contributed by atoms with Gasteiger partial charge in [0.2, 0.25) is 5.91 Å². The van der Waals surface area contributed by atoms with Crippen molar-refractivity contribution in [2.45, 2.75) is 31.3 Å². The van der Waals surface area contributed by atoms with Crippen molar-refractivity contribution >= 4 is 17.5 Å². The molecule has 0 spiro atoms. The number of hydrogen-bond acceptors (Lipinski definition) is 3. The molecule has 116 valence electrons. The lowest BCUT2D eigenvalue weighted by molar-refractivity contribution is -0.134. The van der Waals surface area contributed by atoms with Gasteiger partial charge in [-0.05, 0) is 31.4 Å². The van der Waals surface area contributed by atoms with Gasteiger partial charge < -0.3 is 15.4 Å². The van der Waals surface area contributed by atoms with Gasteiger partial charge >= 0.3 is 0 Å². The van der Waals surface area contributed by atoms with E-state index in [1.54, 1.807) is 17.0 Å². The van der Waals surface area contributed by atoms with E-state index in [4.69, 9.17) is 22.1 Å². The standard InChI is InChI=1S/C15H20ClFN2O2/c1-21-9-14(18)15(20)19-7-3-4-10(19)8-11-12(16)5-2-6-13(11)17/h2,5-6,10,14H,3-4,7-9,18H2,1H3. The molecule has 0 bridgehead atoms. The van der Waals surface area contributed by atoms with E-state index in [2.05, 4.69) is 0 Å². The zero-order chi connectivity index (χ0) is 15.4. The topological polar surface area (TPSA) is 55.6 Å². The number of carbonyl (C=O) groups is 1. The molecule has 1 aromatic carbocycles. The third-order valence-electron chi connectivity index (χ3n) is 3.83. The Balaban J connectivity index is 2.10. The number of hydrogen-bond donors (Lipinski definition) is 1. The lowest BCUT2D eigenvalue weighted by Gasteiger charge is -2.27. The molecule has 4 nitrogen and oxygen atoms in total. The summed E-state index contributed by atoms with van der Waals surface area (Å²) < 4.78 is 18.8. The van der Waals surface area contributed by atoms with Crippen LogP contribution >= 0.6 is 11.6 Å². The van der Waals surface area contributed by atoms with E-state index < -0.39 is 6.04 Å². The normalized spacial score (nSPS) is 19.8. The fraction of sp³-hybridized carbons (Fsp3) is 0.533. The van der Waals surface area contributed by atoms with Crippen molar-refractivity contribution in [1.29, 1.82) is 0 Å². The number of methoxy groups -OCH3 is 1. The molecule has 2 N–H and O–H groups in total. The highest BCUT2D eigenvalue weighted by Gasteiger charge is 2.32. The van der Waals surface area contributed by atoms with Gasteiger partial charge in [0.1, 0.15) is 11.9 Å². The van der Waals surface area contributed by atoms with Gasteiger partial charge in [-0.15, -0.1) is 0 Å². The molecule has 1 heterocycles. The Morgan fingerprint density at radius 1 is 1.62 bits per heavy atom. The van der Waals surface area contributed by atoms with Crippen LogP contribution in [0.3, 0.4) is 0 Å².